The summed E-state index contributed by atoms with van der Waals surface area (Å²) in [5, 5.41) is 0.310. The highest BCUT2D eigenvalue weighted by Gasteiger charge is 2.08. The Labute approximate surface area is 76.2 Å². The molecule has 0 atom stereocenters. The van der Waals surface area contributed by atoms with Crippen molar-refractivity contribution in [3.8, 4) is 0 Å². The highest BCUT2D eigenvalue weighted by atomic mass is 32.1. The van der Waals surface area contributed by atoms with Gasteiger partial charge in [-0.1, -0.05) is 11.3 Å². The number of hydrogen-bond acceptors (Lipinski definition) is 5. The minimum Gasteiger partial charge on any atom is -0.375 e. The summed E-state index contributed by atoms with van der Waals surface area (Å²) in [7, 11) is 0. The molecule has 6 heteroatoms. The van der Waals surface area contributed by atoms with Gasteiger partial charge >= 0.3 is 0 Å². The van der Waals surface area contributed by atoms with Crippen molar-refractivity contribution in [1.82, 2.24) is 9.97 Å². The summed E-state index contributed by atoms with van der Waals surface area (Å²) in [5.41, 5.74) is 5.56. The highest BCUT2D eigenvalue weighted by molar-refractivity contribution is 7.21. The Kier molecular flexibility index (Phi) is 1.70. The molecule has 0 radical (unpaired) electrons. The molecule has 2 heterocycles. The molecule has 0 unspecified atom stereocenters. The van der Waals surface area contributed by atoms with Crippen LogP contribution in [0.2, 0.25) is 0 Å². The molecule has 4 nitrogen and oxygen atoms in total. The van der Waals surface area contributed by atoms with Crippen molar-refractivity contribution >= 4 is 33.1 Å². The lowest BCUT2D eigenvalue weighted by molar-refractivity contribution is 0.111. The van der Waals surface area contributed by atoms with Crippen LogP contribution in [0.1, 0.15) is 10.5 Å². The van der Waals surface area contributed by atoms with Crippen LogP contribution in [0.15, 0.2) is 6.07 Å². The van der Waals surface area contributed by atoms with Crippen molar-refractivity contribution in [3.05, 3.63) is 17.6 Å². The van der Waals surface area contributed by atoms with Crippen LogP contribution in [0.3, 0.4) is 0 Å². The lowest BCUT2D eigenvalue weighted by Crippen LogP contribution is -1.91. The minimum atomic E-state index is -0.673. The molecule has 2 aromatic heterocycles. The molecule has 0 amide bonds. The first-order valence-corrected chi connectivity index (χ1v) is 4.20. The SMILES string of the molecule is Nc1nc2cc(F)c(C=O)nc2s1. The van der Waals surface area contributed by atoms with E-state index in [2.05, 4.69) is 9.97 Å². The van der Waals surface area contributed by atoms with E-state index in [-0.39, 0.29) is 5.69 Å². The number of thiazole rings is 1. The van der Waals surface area contributed by atoms with Gasteiger partial charge in [-0.3, -0.25) is 4.79 Å². The number of carbonyl (C=O) groups is 1. The maximum Gasteiger partial charge on any atom is 0.182 e. The van der Waals surface area contributed by atoms with Crippen molar-refractivity contribution in [3.63, 3.8) is 0 Å². The maximum absolute atomic E-state index is 13.0. The standard InChI is InChI=1S/C7H4FN3OS/c8-3-1-4-6(10-5(3)2-12)13-7(9)11-4/h1-2H,(H2,9,11). The first-order valence-electron chi connectivity index (χ1n) is 3.38. The zero-order chi connectivity index (χ0) is 9.42. The smallest absolute Gasteiger partial charge is 0.182 e. The fraction of sp³-hybridized carbons (Fsp3) is 0. The molecule has 2 N–H and O–H groups in total. The molecule has 0 bridgehead atoms. The number of halogens is 1. The Morgan fingerprint density at radius 1 is 1.54 bits per heavy atom. The number of nitrogen functional groups attached to an aromatic ring is 1. The lowest BCUT2D eigenvalue weighted by atomic mass is 10.3. The Balaban J connectivity index is 2.79. The average Bonchev–Trinajstić information content (AvgIpc) is 2.42. The van der Waals surface area contributed by atoms with Gasteiger partial charge in [0.25, 0.3) is 0 Å². The van der Waals surface area contributed by atoms with E-state index in [4.69, 9.17) is 5.73 Å². The number of aldehydes is 1. The van der Waals surface area contributed by atoms with E-state index >= 15 is 0 Å². The van der Waals surface area contributed by atoms with Gasteiger partial charge in [-0.25, -0.2) is 14.4 Å². The summed E-state index contributed by atoms with van der Waals surface area (Å²) in [6, 6.07) is 1.15. The average molecular weight is 197 g/mol. The normalized spacial score (nSPS) is 10.5. The molecule has 0 spiro atoms. The van der Waals surface area contributed by atoms with Gasteiger partial charge in [0, 0.05) is 6.07 Å². The van der Waals surface area contributed by atoms with E-state index in [0.29, 0.717) is 21.8 Å². The van der Waals surface area contributed by atoms with Gasteiger partial charge in [-0.05, 0) is 0 Å². The summed E-state index contributed by atoms with van der Waals surface area (Å²) in [6.45, 7) is 0. The third kappa shape index (κ3) is 1.25. The fourth-order valence-electron chi connectivity index (χ4n) is 0.954. The van der Waals surface area contributed by atoms with Gasteiger partial charge in [0.05, 0.1) is 0 Å². The summed E-state index contributed by atoms with van der Waals surface area (Å²) < 4.78 is 13.0. The second-order valence-corrected chi connectivity index (χ2v) is 3.36. The molecule has 2 aromatic rings. The van der Waals surface area contributed by atoms with Crippen LogP contribution in [0.4, 0.5) is 9.52 Å². The molecular formula is C7H4FN3OS. The van der Waals surface area contributed by atoms with Gasteiger partial charge in [0.1, 0.15) is 16.0 Å². The fourth-order valence-corrected chi connectivity index (χ4v) is 1.65. The molecule has 0 aliphatic carbocycles. The quantitative estimate of drug-likeness (QED) is 0.698. The van der Waals surface area contributed by atoms with E-state index in [1.807, 2.05) is 0 Å². The zero-order valence-electron chi connectivity index (χ0n) is 6.32. The predicted octanol–water partition coefficient (Wildman–Crippen LogP) is 1.23. The second kappa shape index (κ2) is 2.74. The van der Waals surface area contributed by atoms with Crippen molar-refractivity contribution in [2.75, 3.05) is 5.73 Å². The van der Waals surface area contributed by atoms with E-state index in [1.54, 1.807) is 0 Å². The Hall–Kier alpha value is -1.56. The number of fused-ring (bicyclic) bond motifs is 1. The number of rotatable bonds is 1. The molecule has 0 aliphatic rings. The monoisotopic (exact) mass is 197 g/mol. The number of nitrogens with zero attached hydrogens (tertiary/aromatic N) is 2. The zero-order valence-corrected chi connectivity index (χ0v) is 7.14. The van der Waals surface area contributed by atoms with E-state index in [1.165, 1.54) is 0 Å². The third-order valence-electron chi connectivity index (χ3n) is 1.49. The second-order valence-electron chi connectivity index (χ2n) is 2.35. The molecule has 0 saturated carbocycles. The van der Waals surface area contributed by atoms with Crippen molar-refractivity contribution in [2.24, 2.45) is 0 Å². The third-order valence-corrected chi connectivity index (χ3v) is 2.29. The molecule has 0 aromatic carbocycles. The Morgan fingerprint density at radius 3 is 3.00 bits per heavy atom. The molecular weight excluding hydrogens is 193 g/mol. The molecule has 0 aliphatic heterocycles. The number of pyridine rings is 1. The number of nitrogens with two attached hydrogens (primary N) is 1. The van der Waals surface area contributed by atoms with Crippen molar-refractivity contribution in [2.45, 2.75) is 0 Å². The Morgan fingerprint density at radius 2 is 2.31 bits per heavy atom. The van der Waals surface area contributed by atoms with Gasteiger partial charge in [0.15, 0.2) is 17.2 Å². The largest absolute Gasteiger partial charge is 0.375 e. The van der Waals surface area contributed by atoms with Gasteiger partial charge in [0.2, 0.25) is 0 Å². The van der Waals surface area contributed by atoms with E-state index < -0.39 is 5.82 Å². The molecule has 66 valence electrons. The maximum atomic E-state index is 13.0. The molecule has 0 saturated heterocycles. The summed E-state index contributed by atoms with van der Waals surface area (Å²) in [6.07, 6.45) is 0.366. The number of carbonyl (C=O) groups excluding carboxylic acids is 1. The van der Waals surface area contributed by atoms with Gasteiger partial charge in [-0.2, -0.15) is 0 Å². The molecule has 2 rings (SSSR count). The summed E-state index contributed by atoms with van der Waals surface area (Å²) in [5.74, 6) is -0.673. The topological polar surface area (TPSA) is 68.9 Å². The number of hydrogen-bond donors (Lipinski definition) is 1. The van der Waals surface area contributed by atoms with Crippen LogP contribution in [0.5, 0.6) is 0 Å². The van der Waals surface area contributed by atoms with Crippen LogP contribution in [0, 0.1) is 5.82 Å². The minimum absolute atomic E-state index is 0.212. The molecule has 0 fully saturated rings. The Bertz CT molecular complexity index is 482. The first-order chi connectivity index (χ1) is 6.20. The van der Waals surface area contributed by atoms with Crippen molar-refractivity contribution < 1.29 is 9.18 Å². The van der Waals surface area contributed by atoms with Crippen LogP contribution in [-0.4, -0.2) is 16.3 Å². The summed E-state index contributed by atoms with van der Waals surface area (Å²) >= 11 is 1.12. The number of anilines is 1. The van der Waals surface area contributed by atoms with Crippen LogP contribution in [-0.2, 0) is 0 Å². The van der Waals surface area contributed by atoms with Crippen molar-refractivity contribution in [1.29, 1.82) is 0 Å². The summed E-state index contributed by atoms with van der Waals surface area (Å²) in [4.78, 5) is 18.4. The highest BCUT2D eigenvalue weighted by Crippen LogP contribution is 2.22. The van der Waals surface area contributed by atoms with Gasteiger partial charge in [-0.15, -0.1) is 0 Å². The first kappa shape index (κ1) is 8.06. The van der Waals surface area contributed by atoms with Gasteiger partial charge < -0.3 is 5.73 Å². The lowest BCUT2D eigenvalue weighted by Gasteiger charge is -1.91. The predicted molar refractivity (Wildman–Crippen MR) is 47.2 cm³/mol. The van der Waals surface area contributed by atoms with E-state index in [9.17, 15) is 9.18 Å². The van der Waals surface area contributed by atoms with E-state index in [0.717, 1.165) is 17.4 Å². The van der Waals surface area contributed by atoms with Crippen LogP contribution >= 0.6 is 11.3 Å². The van der Waals surface area contributed by atoms with Crippen LogP contribution < -0.4 is 5.73 Å². The van der Waals surface area contributed by atoms with Crippen LogP contribution in [0.25, 0.3) is 10.3 Å². The molecule has 13 heavy (non-hydrogen) atoms. The number of aromatic nitrogens is 2.